The lowest BCUT2D eigenvalue weighted by molar-refractivity contribution is -0.135. The van der Waals surface area contributed by atoms with Gasteiger partial charge in [-0.05, 0) is 43.4 Å². The van der Waals surface area contributed by atoms with Crippen molar-refractivity contribution in [3.63, 3.8) is 0 Å². The Hall–Kier alpha value is -1.46. The summed E-state index contributed by atoms with van der Waals surface area (Å²) < 4.78 is 5.31. The summed E-state index contributed by atoms with van der Waals surface area (Å²) in [6, 6.07) is 4.14. The number of hydrogen-bond donors (Lipinski definition) is 0. The number of amides is 1. The van der Waals surface area contributed by atoms with Crippen LogP contribution in [0.15, 0.2) is 24.5 Å². The molecule has 0 spiro atoms. The van der Waals surface area contributed by atoms with Gasteiger partial charge in [0.05, 0.1) is 13.2 Å². The zero-order valence-electron chi connectivity index (χ0n) is 13.8. The number of morpholine rings is 1. The van der Waals surface area contributed by atoms with Crippen LogP contribution in [0.25, 0.3) is 0 Å². The van der Waals surface area contributed by atoms with E-state index in [0.717, 1.165) is 39.1 Å². The maximum atomic E-state index is 12.3. The van der Waals surface area contributed by atoms with E-state index in [1.165, 1.54) is 18.4 Å². The maximum Gasteiger partial charge on any atom is 0.222 e. The first kappa shape index (κ1) is 16.4. The molecule has 1 aromatic rings. The molecule has 0 unspecified atom stereocenters. The molecule has 0 N–H and O–H groups in total. The highest BCUT2D eigenvalue weighted by Gasteiger charge is 2.22. The minimum Gasteiger partial charge on any atom is -0.378 e. The molecule has 0 saturated carbocycles. The number of carbonyl (C=O) groups excluding carboxylic acids is 1. The summed E-state index contributed by atoms with van der Waals surface area (Å²) >= 11 is 0. The third kappa shape index (κ3) is 5.01. The van der Waals surface area contributed by atoms with Crippen molar-refractivity contribution in [1.29, 1.82) is 0 Å². The third-order valence-corrected chi connectivity index (χ3v) is 4.86. The summed E-state index contributed by atoms with van der Waals surface area (Å²) in [5.74, 6) is 0.947. The number of aromatic nitrogens is 1. The average Bonchev–Trinajstić information content (AvgIpc) is 2.62. The van der Waals surface area contributed by atoms with E-state index in [1.807, 2.05) is 23.4 Å². The van der Waals surface area contributed by atoms with Crippen molar-refractivity contribution in [3.8, 4) is 0 Å². The van der Waals surface area contributed by atoms with E-state index >= 15 is 0 Å². The molecule has 5 heteroatoms. The van der Waals surface area contributed by atoms with E-state index in [4.69, 9.17) is 4.74 Å². The molecule has 2 saturated heterocycles. The molecule has 1 amide bonds. The monoisotopic (exact) mass is 317 g/mol. The van der Waals surface area contributed by atoms with Crippen LogP contribution in [0.1, 0.15) is 31.2 Å². The fourth-order valence-electron chi connectivity index (χ4n) is 3.58. The first-order chi connectivity index (χ1) is 11.3. The Bertz CT molecular complexity index is 488. The van der Waals surface area contributed by atoms with Crippen LogP contribution in [-0.4, -0.2) is 60.1 Å². The van der Waals surface area contributed by atoms with Crippen LogP contribution in [0, 0.1) is 5.92 Å². The van der Waals surface area contributed by atoms with Gasteiger partial charge in [0.25, 0.3) is 0 Å². The third-order valence-electron chi connectivity index (χ3n) is 4.86. The Morgan fingerprint density at radius 2 is 2.17 bits per heavy atom. The Morgan fingerprint density at radius 3 is 2.96 bits per heavy atom. The minimum absolute atomic E-state index is 0.303. The number of pyridine rings is 1. The van der Waals surface area contributed by atoms with Crippen molar-refractivity contribution < 1.29 is 9.53 Å². The molecule has 5 nitrogen and oxygen atoms in total. The normalized spacial score (nSPS) is 23.0. The predicted octanol–water partition coefficient (Wildman–Crippen LogP) is 1.93. The van der Waals surface area contributed by atoms with Crippen LogP contribution in [0.2, 0.25) is 0 Å². The summed E-state index contributed by atoms with van der Waals surface area (Å²) in [6.45, 7) is 6.13. The van der Waals surface area contributed by atoms with Gasteiger partial charge in [-0.25, -0.2) is 0 Å². The molecule has 3 rings (SSSR count). The van der Waals surface area contributed by atoms with Crippen LogP contribution in [0.5, 0.6) is 0 Å². The number of rotatable bonds is 5. The van der Waals surface area contributed by atoms with Crippen molar-refractivity contribution in [2.24, 2.45) is 5.92 Å². The van der Waals surface area contributed by atoms with Crippen molar-refractivity contribution in [2.75, 3.05) is 39.4 Å². The van der Waals surface area contributed by atoms with Gasteiger partial charge in [0, 0.05) is 45.0 Å². The van der Waals surface area contributed by atoms with Gasteiger partial charge in [-0.1, -0.05) is 6.07 Å². The molecule has 0 bridgehead atoms. The lowest BCUT2D eigenvalue weighted by Gasteiger charge is -2.33. The summed E-state index contributed by atoms with van der Waals surface area (Å²) in [6.07, 6.45) is 7.95. The van der Waals surface area contributed by atoms with Crippen molar-refractivity contribution in [2.45, 2.75) is 32.2 Å². The molecule has 1 aromatic heterocycles. The lowest BCUT2D eigenvalue weighted by Crippen LogP contribution is -2.41. The predicted molar refractivity (Wildman–Crippen MR) is 88.9 cm³/mol. The first-order valence-electron chi connectivity index (χ1n) is 8.78. The zero-order chi connectivity index (χ0) is 15.9. The SMILES string of the molecule is O=C(CC[C@H]1CCCN(Cc2cccnc2)C1)N1CCOCC1. The molecule has 0 aromatic carbocycles. The van der Waals surface area contributed by atoms with Crippen molar-refractivity contribution in [3.05, 3.63) is 30.1 Å². The minimum atomic E-state index is 0.303. The molecule has 126 valence electrons. The van der Waals surface area contributed by atoms with Gasteiger partial charge in [-0.3, -0.25) is 14.7 Å². The molecular formula is C18H27N3O2. The smallest absolute Gasteiger partial charge is 0.222 e. The lowest BCUT2D eigenvalue weighted by atomic mass is 9.93. The van der Waals surface area contributed by atoms with Gasteiger partial charge < -0.3 is 9.64 Å². The van der Waals surface area contributed by atoms with E-state index in [9.17, 15) is 4.79 Å². The first-order valence-corrected chi connectivity index (χ1v) is 8.78. The van der Waals surface area contributed by atoms with Gasteiger partial charge in [-0.2, -0.15) is 0 Å². The number of piperidine rings is 1. The van der Waals surface area contributed by atoms with Crippen LogP contribution in [-0.2, 0) is 16.1 Å². The van der Waals surface area contributed by atoms with Crippen molar-refractivity contribution in [1.82, 2.24) is 14.8 Å². The standard InChI is InChI=1S/C18H27N3O2/c22-18(21-9-11-23-12-10-21)6-5-16-4-2-8-20(14-16)15-17-3-1-7-19-13-17/h1,3,7,13,16H,2,4-6,8-12,14-15H2/t16-/m1/s1. The highest BCUT2D eigenvalue weighted by Crippen LogP contribution is 2.22. The Kier molecular flexibility index (Phi) is 6.00. The molecule has 0 aliphatic carbocycles. The molecule has 2 fully saturated rings. The molecule has 2 aliphatic rings. The van der Waals surface area contributed by atoms with Gasteiger partial charge in [-0.15, -0.1) is 0 Å². The van der Waals surface area contributed by atoms with E-state index in [-0.39, 0.29) is 0 Å². The number of ether oxygens (including phenoxy) is 1. The number of carbonyl (C=O) groups is 1. The molecule has 2 aliphatic heterocycles. The summed E-state index contributed by atoms with van der Waals surface area (Å²) in [5.41, 5.74) is 1.28. The second-order valence-electron chi connectivity index (χ2n) is 6.64. The fraction of sp³-hybridized carbons (Fsp3) is 0.667. The van der Waals surface area contributed by atoms with Crippen molar-refractivity contribution >= 4 is 5.91 Å². The van der Waals surface area contributed by atoms with E-state index in [2.05, 4.69) is 16.0 Å². The number of hydrogen-bond acceptors (Lipinski definition) is 4. The maximum absolute atomic E-state index is 12.3. The molecule has 23 heavy (non-hydrogen) atoms. The summed E-state index contributed by atoms with van der Waals surface area (Å²) in [5, 5.41) is 0. The Labute approximate surface area is 138 Å². The summed E-state index contributed by atoms with van der Waals surface area (Å²) in [7, 11) is 0. The van der Waals surface area contributed by atoms with E-state index in [0.29, 0.717) is 31.5 Å². The van der Waals surface area contributed by atoms with Crippen LogP contribution in [0.4, 0.5) is 0 Å². The molecule has 3 heterocycles. The largest absolute Gasteiger partial charge is 0.378 e. The highest BCUT2D eigenvalue weighted by atomic mass is 16.5. The van der Waals surface area contributed by atoms with Crippen LogP contribution in [0.3, 0.4) is 0 Å². The second-order valence-corrected chi connectivity index (χ2v) is 6.64. The quantitative estimate of drug-likeness (QED) is 0.832. The van der Waals surface area contributed by atoms with E-state index < -0.39 is 0 Å². The highest BCUT2D eigenvalue weighted by molar-refractivity contribution is 5.76. The van der Waals surface area contributed by atoms with Crippen LogP contribution < -0.4 is 0 Å². The van der Waals surface area contributed by atoms with Crippen LogP contribution >= 0.6 is 0 Å². The molecule has 0 radical (unpaired) electrons. The number of likely N-dealkylation sites (tertiary alicyclic amines) is 1. The van der Waals surface area contributed by atoms with Gasteiger partial charge in [0.15, 0.2) is 0 Å². The Balaban J connectivity index is 1.42. The molecular weight excluding hydrogens is 290 g/mol. The summed E-state index contributed by atoms with van der Waals surface area (Å²) in [4.78, 5) is 20.9. The van der Waals surface area contributed by atoms with Gasteiger partial charge in [0.2, 0.25) is 5.91 Å². The fourth-order valence-corrected chi connectivity index (χ4v) is 3.58. The zero-order valence-corrected chi connectivity index (χ0v) is 13.8. The number of nitrogens with zero attached hydrogens (tertiary/aromatic N) is 3. The average molecular weight is 317 g/mol. The van der Waals surface area contributed by atoms with Gasteiger partial charge in [0.1, 0.15) is 0 Å². The van der Waals surface area contributed by atoms with E-state index in [1.54, 1.807) is 0 Å². The molecule has 1 atom stereocenters. The Morgan fingerprint density at radius 1 is 1.30 bits per heavy atom. The topological polar surface area (TPSA) is 45.7 Å². The van der Waals surface area contributed by atoms with Gasteiger partial charge >= 0.3 is 0 Å². The second kappa shape index (κ2) is 8.41.